The zero-order valence-corrected chi connectivity index (χ0v) is 15.8. The maximum Gasteiger partial charge on any atom is 0.325 e. The molecule has 0 heterocycles. The summed E-state index contributed by atoms with van der Waals surface area (Å²) in [6.07, 6.45) is 5.21. The van der Waals surface area contributed by atoms with E-state index in [0.29, 0.717) is 11.3 Å². The lowest BCUT2D eigenvalue weighted by Crippen LogP contribution is -2.34. The molecule has 1 aromatic rings. The van der Waals surface area contributed by atoms with Crippen LogP contribution < -0.4 is 10.6 Å². The van der Waals surface area contributed by atoms with Crippen molar-refractivity contribution in [2.45, 2.75) is 58.5 Å². The summed E-state index contributed by atoms with van der Waals surface area (Å²) in [6.45, 7) is 5.11. The Balaban J connectivity index is 1.90. The predicted octanol–water partition coefficient (Wildman–Crippen LogP) is 3.28. The van der Waals surface area contributed by atoms with Gasteiger partial charge in [-0.1, -0.05) is 25.3 Å². The first-order valence-corrected chi connectivity index (χ1v) is 9.15. The fraction of sp³-hybridized carbons (Fsp3) is 0.550. The molecule has 1 aliphatic rings. The Bertz CT molecular complexity index is 658. The van der Waals surface area contributed by atoms with Gasteiger partial charge in [0.1, 0.15) is 12.1 Å². The number of nitrogens with one attached hydrogen (secondary N) is 2. The van der Waals surface area contributed by atoms with Crippen LogP contribution in [0.4, 0.5) is 5.69 Å². The molecule has 0 spiro atoms. The molecule has 0 saturated heterocycles. The fourth-order valence-electron chi connectivity index (χ4n) is 2.98. The Kier molecular flexibility index (Phi) is 6.77. The quantitative estimate of drug-likeness (QED) is 0.789. The summed E-state index contributed by atoms with van der Waals surface area (Å²) in [7, 11) is 0. The van der Waals surface area contributed by atoms with Crippen molar-refractivity contribution < 1.29 is 19.1 Å². The highest BCUT2D eigenvalue weighted by Gasteiger charge is 2.21. The zero-order chi connectivity index (χ0) is 19.2. The molecule has 0 aliphatic heterocycles. The van der Waals surface area contributed by atoms with E-state index in [-0.39, 0.29) is 24.3 Å². The molecule has 2 amide bonds. The molecule has 6 nitrogen and oxygen atoms in total. The molecule has 0 aromatic heterocycles. The van der Waals surface area contributed by atoms with E-state index in [1.807, 2.05) is 0 Å². The minimum Gasteiger partial charge on any atom is -0.459 e. The predicted molar refractivity (Wildman–Crippen MR) is 99.8 cm³/mol. The van der Waals surface area contributed by atoms with Crippen molar-refractivity contribution in [3.05, 3.63) is 29.8 Å². The molecule has 0 atom stereocenters. The number of anilines is 1. The van der Waals surface area contributed by atoms with E-state index in [2.05, 4.69) is 10.6 Å². The van der Waals surface area contributed by atoms with Crippen molar-refractivity contribution in [1.29, 1.82) is 0 Å². The smallest absolute Gasteiger partial charge is 0.325 e. The summed E-state index contributed by atoms with van der Waals surface area (Å²) >= 11 is 0. The van der Waals surface area contributed by atoms with Crippen LogP contribution in [0.2, 0.25) is 0 Å². The van der Waals surface area contributed by atoms with E-state index in [1.54, 1.807) is 45.0 Å². The monoisotopic (exact) mass is 360 g/mol. The van der Waals surface area contributed by atoms with Crippen LogP contribution in [0.5, 0.6) is 0 Å². The average molecular weight is 360 g/mol. The number of hydrogen-bond donors (Lipinski definition) is 2. The van der Waals surface area contributed by atoms with E-state index < -0.39 is 11.6 Å². The highest BCUT2D eigenvalue weighted by molar-refractivity contribution is 5.98. The lowest BCUT2D eigenvalue weighted by molar-refractivity contribution is -0.153. The molecule has 6 heteroatoms. The number of ether oxygens (including phenoxy) is 1. The van der Waals surface area contributed by atoms with E-state index >= 15 is 0 Å². The first-order chi connectivity index (χ1) is 12.2. The van der Waals surface area contributed by atoms with Gasteiger partial charge in [-0.2, -0.15) is 0 Å². The molecule has 2 rings (SSSR count). The first-order valence-electron chi connectivity index (χ1n) is 9.15. The number of benzene rings is 1. The molecular weight excluding hydrogens is 332 g/mol. The highest BCUT2D eigenvalue weighted by atomic mass is 16.6. The first kappa shape index (κ1) is 19.9. The molecular formula is C20H28N2O4. The summed E-state index contributed by atoms with van der Waals surface area (Å²) in [6, 6.07) is 6.72. The Hall–Kier alpha value is -2.37. The molecule has 26 heavy (non-hydrogen) atoms. The van der Waals surface area contributed by atoms with E-state index in [1.165, 1.54) is 6.42 Å². The van der Waals surface area contributed by atoms with Gasteiger partial charge in [-0.25, -0.2) is 0 Å². The van der Waals surface area contributed by atoms with Gasteiger partial charge >= 0.3 is 5.97 Å². The van der Waals surface area contributed by atoms with Crippen LogP contribution in [0, 0.1) is 5.92 Å². The van der Waals surface area contributed by atoms with Gasteiger partial charge in [-0.05, 0) is 51.8 Å². The van der Waals surface area contributed by atoms with Gasteiger partial charge in [0, 0.05) is 17.2 Å². The van der Waals surface area contributed by atoms with Crippen LogP contribution in [-0.2, 0) is 14.3 Å². The molecule has 1 fully saturated rings. The summed E-state index contributed by atoms with van der Waals surface area (Å²) < 4.78 is 5.16. The van der Waals surface area contributed by atoms with E-state index in [0.717, 1.165) is 25.7 Å². The second-order valence-corrected chi connectivity index (χ2v) is 7.67. The highest BCUT2D eigenvalue weighted by Crippen LogP contribution is 2.25. The fourth-order valence-corrected chi connectivity index (χ4v) is 2.98. The van der Waals surface area contributed by atoms with Crippen LogP contribution in [0.3, 0.4) is 0 Å². The summed E-state index contributed by atoms with van der Waals surface area (Å²) in [5.74, 6) is -0.818. The van der Waals surface area contributed by atoms with Gasteiger partial charge < -0.3 is 15.4 Å². The lowest BCUT2D eigenvalue weighted by Gasteiger charge is -2.21. The standard InChI is InChI=1S/C20H28N2O4/c1-20(2,3)26-17(23)13-21-18(24)15-10-7-11-16(12-15)22-19(25)14-8-5-4-6-9-14/h7,10-12,14H,4-6,8-9,13H2,1-3H3,(H,21,24)(H,22,25). The van der Waals surface area contributed by atoms with Crippen molar-refractivity contribution >= 4 is 23.5 Å². The topological polar surface area (TPSA) is 84.5 Å². The molecule has 1 saturated carbocycles. The van der Waals surface area contributed by atoms with E-state index in [9.17, 15) is 14.4 Å². The summed E-state index contributed by atoms with van der Waals surface area (Å²) in [4.78, 5) is 36.2. The third-order valence-electron chi connectivity index (χ3n) is 4.18. The Morgan fingerprint density at radius 1 is 1.12 bits per heavy atom. The van der Waals surface area contributed by atoms with Gasteiger partial charge in [0.25, 0.3) is 5.91 Å². The molecule has 142 valence electrons. The normalized spacial score (nSPS) is 15.2. The third-order valence-corrected chi connectivity index (χ3v) is 4.18. The number of amides is 2. The molecule has 2 N–H and O–H groups in total. The lowest BCUT2D eigenvalue weighted by atomic mass is 9.88. The van der Waals surface area contributed by atoms with Gasteiger partial charge in [0.05, 0.1) is 0 Å². The zero-order valence-electron chi connectivity index (χ0n) is 15.8. The van der Waals surface area contributed by atoms with Gasteiger partial charge in [-0.15, -0.1) is 0 Å². The maximum atomic E-state index is 12.3. The van der Waals surface area contributed by atoms with E-state index in [4.69, 9.17) is 4.74 Å². The Morgan fingerprint density at radius 2 is 1.81 bits per heavy atom. The second-order valence-electron chi connectivity index (χ2n) is 7.67. The van der Waals surface area contributed by atoms with Gasteiger partial charge in [0.2, 0.25) is 5.91 Å². The largest absolute Gasteiger partial charge is 0.459 e. The summed E-state index contributed by atoms with van der Waals surface area (Å²) in [5.41, 5.74) is 0.381. The Morgan fingerprint density at radius 3 is 2.46 bits per heavy atom. The van der Waals surface area contributed by atoms with Crippen molar-refractivity contribution in [3.8, 4) is 0 Å². The molecule has 0 unspecified atom stereocenters. The maximum absolute atomic E-state index is 12.3. The molecule has 0 bridgehead atoms. The van der Waals surface area contributed by atoms with Crippen LogP contribution in [0.15, 0.2) is 24.3 Å². The van der Waals surface area contributed by atoms with Crippen LogP contribution >= 0.6 is 0 Å². The van der Waals surface area contributed by atoms with Crippen molar-refractivity contribution in [3.63, 3.8) is 0 Å². The third kappa shape index (κ3) is 6.50. The second kappa shape index (κ2) is 8.83. The average Bonchev–Trinajstić information content (AvgIpc) is 2.59. The number of rotatable bonds is 5. The summed E-state index contributed by atoms with van der Waals surface area (Å²) in [5, 5.41) is 5.43. The molecule has 1 aliphatic carbocycles. The SMILES string of the molecule is CC(C)(C)OC(=O)CNC(=O)c1cccc(NC(=O)C2CCCCC2)c1. The van der Waals surface area contributed by atoms with Crippen molar-refractivity contribution in [2.75, 3.05) is 11.9 Å². The van der Waals surface area contributed by atoms with Crippen LogP contribution in [0.1, 0.15) is 63.2 Å². The van der Waals surface area contributed by atoms with Crippen molar-refractivity contribution in [1.82, 2.24) is 5.32 Å². The number of carbonyl (C=O) groups is 3. The van der Waals surface area contributed by atoms with Crippen LogP contribution in [0.25, 0.3) is 0 Å². The van der Waals surface area contributed by atoms with Gasteiger partial charge in [-0.3, -0.25) is 14.4 Å². The minimum absolute atomic E-state index is 0.0102. The number of carbonyl (C=O) groups excluding carboxylic acids is 3. The van der Waals surface area contributed by atoms with Crippen LogP contribution in [-0.4, -0.2) is 29.9 Å². The Labute approximate surface area is 154 Å². The van der Waals surface area contributed by atoms with Crippen molar-refractivity contribution in [2.24, 2.45) is 5.92 Å². The molecule has 1 aromatic carbocycles. The molecule has 0 radical (unpaired) electrons. The number of hydrogen-bond acceptors (Lipinski definition) is 4. The number of esters is 1. The van der Waals surface area contributed by atoms with Gasteiger partial charge in [0.15, 0.2) is 0 Å². The minimum atomic E-state index is -0.592.